The molecule has 0 saturated heterocycles. The Kier molecular flexibility index (Phi) is 4.99. The lowest BCUT2D eigenvalue weighted by Gasteiger charge is -2.09. The van der Waals surface area contributed by atoms with Crippen molar-refractivity contribution in [3.8, 4) is 0 Å². The van der Waals surface area contributed by atoms with Gasteiger partial charge in [0.2, 0.25) is 0 Å². The molecule has 7 heteroatoms. The Labute approximate surface area is 164 Å². The van der Waals surface area contributed by atoms with Crippen LogP contribution in [0.5, 0.6) is 0 Å². The van der Waals surface area contributed by atoms with E-state index in [1.54, 1.807) is 36.4 Å². The molecule has 0 bridgehead atoms. The third kappa shape index (κ3) is 3.84. The number of thiophene rings is 1. The largest absolute Gasteiger partial charge is 0.455 e. The van der Waals surface area contributed by atoms with Crippen molar-refractivity contribution in [1.82, 2.24) is 5.43 Å². The van der Waals surface area contributed by atoms with Gasteiger partial charge in [0.1, 0.15) is 11.3 Å². The quantitative estimate of drug-likeness (QED) is 0.389. The summed E-state index contributed by atoms with van der Waals surface area (Å²) in [5, 5.41) is 9.49. The normalized spacial score (nSPS) is 11.0. The molecule has 0 saturated carbocycles. The van der Waals surface area contributed by atoms with Crippen molar-refractivity contribution in [1.29, 1.82) is 0 Å². The molecule has 0 aliphatic carbocycles. The summed E-state index contributed by atoms with van der Waals surface area (Å²) in [6.07, 6.45) is 1.44. The Morgan fingerprint density at radius 3 is 2.61 bits per heavy atom. The van der Waals surface area contributed by atoms with Gasteiger partial charge < -0.3 is 9.73 Å². The van der Waals surface area contributed by atoms with E-state index in [4.69, 9.17) is 4.42 Å². The number of hydrogen-bond donors (Lipinski definition) is 2. The van der Waals surface area contributed by atoms with Crippen LogP contribution < -0.4 is 10.7 Å². The van der Waals surface area contributed by atoms with Gasteiger partial charge in [-0.2, -0.15) is 5.10 Å². The van der Waals surface area contributed by atoms with Crippen molar-refractivity contribution in [3.05, 3.63) is 88.3 Å². The summed E-state index contributed by atoms with van der Waals surface area (Å²) in [6, 6.07) is 19.7. The first-order valence-corrected chi connectivity index (χ1v) is 9.34. The Balaban J connectivity index is 1.46. The molecule has 4 rings (SSSR count). The fourth-order valence-electron chi connectivity index (χ4n) is 2.66. The van der Waals surface area contributed by atoms with E-state index in [0.717, 1.165) is 11.0 Å². The van der Waals surface area contributed by atoms with Crippen LogP contribution in [0.25, 0.3) is 11.0 Å². The summed E-state index contributed by atoms with van der Waals surface area (Å²) in [6.45, 7) is 0. The minimum absolute atomic E-state index is 0.263. The van der Waals surface area contributed by atoms with Crippen molar-refractivity contribution >= 4 is 46.0 Å². The summed E-state index contributed by atoms with van der Waals surface area (Å²) in [5.41, 5.74) is 3.94. The first-order chi connectivity index (χ1) is 13.7. The maximum absolute atomic E-state index is 12.5. The number of para-hydroxylation sites is 2. The van der Waals surface area contributed by atoms with Crippen LogP contribution in [0, 0.1) is 0 Å². The van der Waals surface area contributed by atoms with E-state index >= 15 is 0 Å². The molecule has 0 spiro atoms. The van der Waals surface area contributed by atoms with Gasteiger partial charge >= 0.3 is 0 Å². The molecule has 2 aromatic carbocycles. The summed E-state index contributed by atoms with van der Waals surface area (Å²) >= 11 is 1.33. The van der Waals surface area contributed by atoms with Gasteiger partial charge in [-0.1, -0.05) is 36.4 Å². The van der Waals surface area contributed by atoms with Crippen LogP contribution in [0.4, 0.5) is 5.69 Å². The highest BCUT2D eigenvalue weighted by atomic mass is 32.1. The second kappa shape index (κ2) is 7.89. The Bertz CT molecular complexity index is 1130. The van der Waals surface area contributed by atoms with E-state index < -0.39 is 5.91 Å². The number of nitrogens with one attached hydrogen (secondary N) is 2. The SMILES string of the molecule is O=C(Nc1ccccc1C(=O)N/N=C/c1cc2ccccc2o1)c1cccs1. The first-order valence-electron chi connectivity index (χ1n) is 8.46. The van der Waals surface area contributed by atoms with Crippen molar-refractivity contribution in [2.75, 3.05) is 5.32 Å². The number of hydrogen-bond acceptors (Lipinski definition) is 5. The zero-order valence-electron chi connectivity index (χ0n) is 14.6. The van der Waals surface area contributed by atoms with Crippen molar-refractivity contribution < 1.29 is 14.0 Å². The zero-order valence-corrected chi connectivity index (χ0v) is 15.4. The van der Waals surface area contributed by atoms with Gasteiger partial charge in [0.25, 0.3) is 11.8 Å². The van der Waals surface area contributed by atoms with E-state index in [1.165, 1.54) is 17.6 Å². The van der Waals surface area contributed by atoms with Crippen molar-refractivity contribution in [2.45, 2.75) is 0 Å². The highest BCUT2D eigenvalue weighted by molar-refractivity contribution is 7.12. The Morgan fingerprint density at radius 2 is 1.79 bits per heavy atom. The van der Waals surface area contributed by atoms with E-state index in [2.05, 4.69) is 15.8 Å². The molecule has 2 amide bonds. The number of carbonyl (C=O) groups is 2. The fraction of sp³-hybridized carbons (Fsp3) is 0. The van der Waals surface area contributed by atoms with E-state index in [-0.39, 0.29) is 5.91 Å². The smallest absolute Gasteiger partial charge is 0.273 e. The van der Waals surface area contributed by atoms with Crippen LogP contribution in [-0.2, 0) is 0 Å². The highest BCUT2D eigenvalue weighted by Crippen LogP contribution is 2.19. The van der Waals surface area contributed by atoms with Crippen molar-refractivity contribution in [3.63, 3.8) is 0 Å². The van der Waals surface area contributed by atoms with Gasteiger partial charge in [0.15, 0.2) is 0 Å². The molecular formula is C21H15N3O3S. The van der Waals surface area contributed by atoms with Gasteiger partial charge in [0.05, 0.1) is 22.3 Å². The molecule has 4 aromatic rings. The van der Waals surface area contributed by atoms with Crippen LogP contribution in [0.3, 0.4) is 0 Å². The van der Waals surface area contributed by atoms with Crippen LogP contribution in [-0.4, -0.2) is 18.0 Å². The molecule has 6 nitrogen and oxygen atoms in total. The molecule has 28 heavy (non-hydrogen) atoms. The lowest BCUT2D eigenvalue weighted by molar-refractivity contribution is 0.0956. The number of carbonyl (C=O) groups excluding carboxylic acids is 2. The number of benzene rings is 2. The average molecular weight is 389 g/mol. The molecule has 0 aliphatic heterocycles. The Hall–Kier alpha value is -3.71. The minimum atomic E-state index is -0.436. The third-order valence-corrected chi connectivity index (χ3v) is 4.84. The molecule has 0 aliphatic rings. The molecule has 0 unspecified atom stereocenters. The zero-order chi connectivity index (χ0) is 19.3. The summed E-state index contributed by atoms with van der Waals surface area (Å²) in [5.74, 6) is -0.170. The molecule has 0 atom stereocenters. The number of anilines is 1. The number of rotatable bonds is 5. The summed E-state index contributed by atoms with van der Waals surface area (Å²) in [7, 11) is 0. The van der Waals surface area contributed by atoms with E-state index in [9.17, 15) is 9.59 Å². The number of amides is 2. The fourth-order valence-corrected chi connectivity index (χ4v) is 3.28. The van der Waals surface area contributed by atoms with Crippen LogP contribution in [0.2, 0.25) is 0 Å². The van der Waals surface area contributed by atoms with Gasteiger partial charge in [0, 0.05) is 5.39 Å². The monoisotopic (exact) mass is 389 g/mol. The molecule has 0 fully saturated rings. The number of hydrazone groups is 1. The third-order valence-electron chi connectivity index (χ3n) is 3.97. The minimum Gasteiger partial charge on any atom is -0.455 e. The topological polar surface area (TPSA) is 83.7 Å². The predicted octanol–water partition coefficient (Wildman–Crippen LogP) is 4.51. The predicted molar refractivity (Wildman–Crippen MR) is 110 cm³/mol. The van der Waals surface area contributed by atoms with Crippen LogP contribution in [0.1, 0.15) is 25.8 Å². The van der Waals surface area contributed by atoms with Crippen LogP contribution in [0.15, 0.2) is 81.6 Å². The standard InChI is InChI=1S/C21H15N3O3S/c25-20(24-22-13-15-12-14-6-1-4-9-18(14)27-15)16-7-2-3-8-17(16)23-21(26)19-10-5-11-28-19/h1-13H,(H,23,26)(H,24,25)/b22-13+. The molecule has 2 N–H and O–H groups in total. The highest BCUT2D eigenvalue weighted by Gasteiger charge is 2.14. The second-order valence-corrected chi connectivity index (χ2v) is 6.81. The first kappa shape index (κ1) is 17.7. The van der Waals surface area contributed by atoms with Gasteiger partial charge in [-0.3, -0.25) is 9.59 Å². The van der Waals surface area contributed by atoms with Crippen molar-refractivity contribution in [2.24, 2.45) is 5.10 Å². The average Bonchev–Trinajstić information content (AvgIpc) is 3.38. The number of fused-ring (bicyclic) bond motifs is 1. The maximum atomic E-state index is 12.5. The number of furan rings is 1. The van der Waals surface area contributed by atoms with Crippen LogP contribution >= 0.6 is 11.3 Å². The number of nitrogens with zero attached hydrogens (tertiary/aromatic N) is 1. The molecule has 138 valence electrons. The maximum Gasteiger partial charge on any atom is 0.273 e. The molecule has 2 aromatic heterocycles. The summed E-state index contributed by atoms with van der Waals surface area (Å²) in [4.78, 5) is 25.3. The molecule has 2 heterocycles. The van der Waals surface area contributed by atoms with E-state index in [0.29, 0.717) is 21.9 Å². The van der Waals surface area contributed by atoms with Gasteiger partial charge in [-0.25, -0.2) is 5.43 Å². The molecule has 0 radical (unpaired) electrons. The molecular weight excluding hydrogens is 374 g/mol. The Morgan fingerprint density at radius 1 is 0.964 bits per heavy atom. The summed E-state index contributed by atoms with van der Waals surface area (Å²) < 4.78 is 5.62. The lowest BCUT2D eigenvalue weighted by atomic mass is 10.1. The van der Waals surface area contributed by atoms with Gasteiger partial charge in [-0.05, 0) is 35.7 Å². The van der Waals surface area contributed by atoms with E-state index in [1.807, 2.05) is 35.7 Å². The second-order valence-electron chi connectivity index (χ2n) is 5.86. The van der Waals surface area contributed by atoms with Gasteiger partial charge in [-0.15, -0.1) is 11.3 Å². The lowest BCUT2D eigenvalue weighted by Crippen LogP contribution is -2.21.